The standard InChI is InChI=1S/C9H18N2O2/c1-3-10-9(12)11-7(2)8-5-4-6-13-8/h7-8H,3-6H2,1-2H3,(H2,10,11,12). The summed E-state index contributed by atoms with van der Waals surface area (Å²) in [6, 6.07) is -0.000417. The van der Waals surface area contributed by atoms with E-state index in [1.54, 1.807) is 0 Å². The lowest BCUT2D eigenvalue weighted by atomic mass is 10.1. The second kappa shape index (κ2) is 5.07. The average Bonchev–Trinajstić information content (AvgIpc) is 2.55. The molecule has 4 nitrogen and oxygen atoms in total. The maximum Gasteiger partial charge on any atom is 0.315 e. The highest BCUT2D eigenvalue weighted by molar-refractivity contribution is 5.74. The summed E-state index contributed by atoms with van der Waals surface area (Å²) in [5, 5.41) is 5.54. The van der Waals surface area contributed by atoms with Gasteiger partial charge in [-0.2, -0.15) is 0 Å². The third-order valence-corrected chi connectivity index (χ3v) is 2.22. The van der Waals surface area contributed by atoms with Crippen molar-refractivity contribution in [3.8, 4) is 0 Å². The van der Waals surface area contributed by atoms with E-state index in [4.69, 9.17) is 4.74 Å². The summed E-state index contributed by atoms with van der Waals surface area (Å²) in [5.41, 5.74) is 0. The number of hydrogen-bond donors (Lipinski definition) is 2. The van der Waals surface area contributed by atoms with Gasteiger partial charge in [0.2, 0.25) is 0 Å². The van der Waals surface area contributed by atoms with Crippen molar-refractivity contribution in [2.75, 3.05) is 13.2 Å². The maximum atomic E-state index is 11.1. The van der Waals surface area contributed by atoms with Crippen molar-refractivity contribution in [2.45, 2.75) is 38.8 Å². The first-order valence-electron chi connectivity index (χ1n) is 4.90. The Balaban J connectivity index is 2.22. The van der Waals surface area contributed by atoms with Crippen molar-refractivity contribution in [3.05, 3.63) is 0 Å². The monoisotopic (exact) mass is 186 g/mol. The van der Waals surface area contributed by atoms with E-state index in [9.17, 15) is 4.79 Å². The molecule has 2 atom stereocenters. The predicted octanol–water partition coefficient (Wildman–Crippen LogP) is 0.873. The average molecular weight is 186 g/mol. The Bertz CT molecular complexity index is 167. The molecule has 13 heavy (non-hydrogen) atoms. The molecule has 1 heterocycles. The lowest BCUT2D eigenvalue weighted by Gasteiger charge is -2.19. The van der Waals surface area contributed by atoms with Gasteiger partial charge in [-0.15, -0.1) is 0 Å². The Morgan fingerprint density at radius 2 is 2.46 bits per heavy atom. The van der Waals surface area contributed by atoms with Gasteiger partial charge in [0.1, 0.15) is 0 Å². The van der Waals surface area contributed by atoms with Crippen LogP contribution in [0, 0.1) is 0 Å². The van der Waals surface area contributed by atoms with Crippen molar-refractivity contribution < 1.29 is 9.53 Å². The molecule has 1 saturated heterocycles. The summed E-state index contributed by atoms with van der Waals surface area (Å²) in [4.78, 5) is 11.1. The number of carbonyl (C=O) groups is 1. The van der Waals surface area contributed by atoms with Gasteiger partial charge in [-0.3, -0.25) is 0 Å². The third kappa shape index (κ3) is 3.22. The molecule has 1 rings (SSSR count). The third-order valence-electron chi connectivity index (χ3n) is 2.22. The number of ether oxygens (including phenoxy) is 1. The Morgan fingerprint density at radius 1 is 1.69 bits per heavy atom. The molecule has 0 aromatic heterocycles. The maximum absolute atomic E-state index is 11.1. The highest BCUT2D eigenvalue weighted by Crippen LogP contribution is 2.14. The van der Waals surface area contributed by atoms with Crippen LogP contribution in [0.1, 0.15) is 26.7 Å². The fourth-order valence-corrected chi connectivity index (χ4v) is 1.51. The van der Waals surface area contributed by atoms with Gasteiger partial charge in [0, 0.05) is 13.2 Å². The fraction of sp³-hybridized carbons (Fsp3) is 0.889. The zero-order valence-electron chi connectivity index (χ0n) is 8.30. The summed E-state index contributed by atoms with van der Waals surface area (Å²) in [5.74, 6) is 0. The molecule has 0 aromatic rings. The zero-order valence-corrected chi connectivity index (χ0v) is 8.30. The lowest BCUT2D eigenvalue weighted by molar-refractivity contribution is 0.0860. The van der Waals surface area contributed by atoms with Crippen molar-refractivity contribution in [2.24, 2.45) is 0 Å². The molecular weight excluding hydrogens is 168 g/mol. The van der Waals surface area contributed by atoms with Crippen LogP contribution in [0.25, 0.3) is 0 Å². The minimum Gasteiger partial charge on any atom is -0.376 e. The number of amides is 2. The smallest absolute Gasteiger partial charge is 0.315 e. The van der Waals surface area contributed by atoms with Crippen LogP contribution in [-0.4, -0.2) is 31.3 Å². The second-order valence-corrected chi connectivity index (χ2v) is 3.34. The first-order chi connectivity index (χ1) is 6.24. The predicted molar refractivity (Wildman–Crippen MR) is 50.6 cm³/mol. The molecule has 2 amide bonds. The molecule has 0 radical (unpaired) electrons. The van der Waals surface area contributed by atoms with E-state index in [0.29, 0.717) is 6.54 Å². The molecule has 2 N–H and O–H groups in total. The summed E-state index contributed by atoms with van der Waals surface area (Å²) >= 11 is 0. The van der Waals surface area contributed by atoms with E-state index >= 15 is 0 Å². The molecule has 2 unspecified atom stereocenters. The first-order valence-corrected chi connectivity index (χ1v) is 4.90. The van der Waals surface area contributed by atoms with Crippen molar-refractivity contribution in [3.63, 3.8) is 0 Å². The van der Waals surface area contributed by atoms with Crippen LogP contribution in [0.5, 0.6) is 0 Å². The number of carbonyl (C=O) groups excluding carboxylic acids is 1. The van der Waals surface area contributed by atoms with Gasteiger partial charge in [0.05, 0.1) is 12.1 Å². The van der Waals surface area contributed by atoms with Crippen LogP contribution >= 0.6 is 0 Å². The van der Waals surface area contributed by atoms with Gasteiger partial charge in [-0.25, -0.2) is 4.79 Å². The quantitative estimate of drug-likeness (QED) is 0.687. The molecule has 0 aliphatic carbocycles. The van der Waals surface area contributed by atoms with E-state index < -0.39 is 0 Å². The Hall–Kier alpha value is -0.770. The number of urea groups is 1. The summed E-state index contributed by atoms with van der Waals surface area (Å²) in [6.45, 7) is 5.36. The van der Waals surface area contributed by atoms with Gasteiger partial charge >= 0.3 is 6.03 Å². The Labute approximate surface area is 79.0 Å². The molecule has 76 valence electrons. The molecule has 0 bridgehead atoms. The fourth-order valence-electron chi connectivity index (χ4n) is 1.51. The lowest BCUT2D eigenvalue weighted by Crippen LogP contribution is -2.45. The molecule has 0 spiro atoms. The van der Waals surface area contributed by atoms with Crippen LogP contribution in [-0.2, 0) is 4.74 Å². The number of nitrogens with one attached hydrogen (secondary N) is 2. The summed E-state index contributed by atoms with van der Waals surface area (Å²) < 4.78 is 5.45. The van der Waals surface area contributed by atoms with E-state index in [0.717, 1.165) is 19.4 Å². The molecule has 1 aliphatic rings. The van der Waals surface area contributed by atoms with Gasteiger partial charge in [-0.1, -0.05) is 0 Å². The van der Waals surface area contributed by atoms with E-state index in [-0.39, 0.29) is 18.2 Å². The van der Waals surface area contributed by atoms with Crippen LogP contribution in [0.2, 0.25) is 0 Å². The SMILES string of the molecule is CCNC(=O)NC(C)C1CCCO1. The van der Waals surface area contributed by atoms with Crippen LogP contribution in [0.15, 0.2) is 0 Å². The topological polar surface area (TPSA) is 50.4 Å². The Kier molecular flexibility index (Phi) is 4.02. The molecule has 1 aliphatic heterocycles. The Morgan fingerprint density at radius 3 is 3.00 bits per heavy atom. The van der Waals surface area contributed by atoms with Crippen molar-refractivity contribution in [1.82, 2.24) is 10.6 Å². The van der Waals surface area contributed by atoms with Gasteiger partial charge in [0.15, 0.2) is 0 Å². The summed E-state index contributed by atoms with van der Waals surface area (Å²) in [7, 11) is 0. The van der Waals surface area contributed by atoms with Crippen LogP contribution in [0.3, 0.4) is 0 Å². The first kappa shape index (κ1) is 10.3. The normalized spacial score (nSPS) is 24.0. The molecule has 1 fully saturated rings. The molecular formula is C9H18N2O2. The van der Waals surface area contributed by atoms with Gasteiger partial charge in [0.25, 0.3) is 0 Å². The van der Waals surface area contributed by atoms with E-state index in [1.165, 1.54) is 0 Å². The minimum atomic E-state index is -0.106. The molecule has 0 saturated carbocycles. The summed E-state index contributed by atoms with van der Waals surface area (Å²) in [6.07, 6.45) is 2.35. The van der Waals surface area contributed by atoms with Crippen molar-refractivity contribution >= 4 is 6.03 Å². The number of rotatable bonds is 3. The van der Waals surface area contributed by atoms with Crippen LogP contribution < -0.4 is 10.6 Å². The molecule has 0 aromatic carbocycles. The highest BCUT2D eigenvalue weighted by Gasteiger charge is 2.23. The second-order valence-electron chi connectivity index (χ2n) is 3.34. The van der Waals surface area contributed by atoms with Gasteiger partial charge < -0.3 is 15.4 Å². The van der Waals surface area contributed by atoms with Gasteiger partial charge in [-0.05, 0) is 26.7 Å². The minimum absolute atomic E-state index is 0.106. The highest BCUT2D eigenvalue weighted by atomic mass is 16.5. The van der Waals surface area contributed by atoms with Crippen LogP contribution in [0.4, 0.5) is 4.79 Å². The number of hydrogen-bond acceptors (Lipinski definition) is 2. The largest absolute Gasteiger partial charge is 0.376 e. The van der Waals surface area contributed by atoms with Crippen molar-refractivity contribution in [1.29, 1.82) is 0 Å². The zero-order chi connectivity index (χ0) is 9.68. The molecule has 4 heteroatoms. The van der Waals surface area contributed by atoms with E-state index in [2.05, 4.69) is 10.6 Å². The van der Waals surface area contributed by atoms with E-state index in [1.807, 2.05) is 13.8 Å².